The van der Waals surface area contributed by atoms with Crippen LogP contribution in [-0.2, 0) is 9.59 Å². The number of aliphatic carboxylic acids is 1. The molecule has 1 atom stereocenters. The predicted octanol–water partition coefficient (Wildman–Crippen LogP) is 1.15. The molecule has 0 spiro atoms. The average Bonchev–Trinajstić information content (AvgIpc) is 2.12. The van der Waals surface area contributed by atoms with Crippen LogP contribution in [0.3, 0.4) is 0 Å². The van der Waals surface area contributed by atoms with Gasteiger partial charge in [0.2, 0.25) is 0 Å². The summed E-state index contributed by atoms with van der Waals surface area (Å²) in [4.78, 5) is 21.4. The second-order valence-corrected chi connectivity index (χ2v) is 5.29. The summed E-state index contributed by atoms with van der Waals surface area (Å²) in [6, 6.07) is -0.839. The standard InChI is InChI=1S/C8H15NO3S2/c1-2-3-6(10)4-13-14-5-7(9)8(11)12/h7H,2-5,9H2,1H3,(H,11,12)/t7-/m0/s1. The van der Waals surface area contributed by atoms with E-state index < -0.39 is 12.0 Å². The number of carboxylic acid groups (broad SMARTS) is 1. The van der Waals surface area contributed by atoms with Crippen molar-refractivity contribution in [2.45, 2.75) is 25.8 Å². The van der Waals surface area contributed by atoms with Crippen molar-refractivity contribution < 1.29 is 14.7 Å². The van der Waals surface area contributed by atoms with Crippen LogP contribution in [0.25, 0.3) is 0 Å². The van der Waals surface area contributed by atoms with Gasteiger partial charge in [0.1, 0.15) is 11.8 Å². The molecule has 0 saturated heterocycles. The molecule has 82 valence electrons. The lowest BCUT2D eigenvalue weighted by molar-refractivity contribution is -0.137. The molecule has 0 amide bonds. The van der Waals surface area contributed by atoms with E-state index in [9.17, 15) is 9.59 Å². The molecule has 0 aliphatic rings. The van der Waals surface area contributed by atoms with Gasteiger partial charge < -0.3 is 10.8 Å². The largest absolute Gasteiger partial charge is 0.480 e. The van der Waals surface area contributed by atoms with Gasteiger partial charge in [0.15, 0.2) is 0 Å². The normalized spacial score (nSPS) is 12.4. The van der Waals surface area contributed by atoms with E-state index in [0.29, 0.717) is 17.9 Å². The summed E-state index contributed by atoms with van der Waals surface area (Å²) in [5, 5.41) is 8.46. The number of carboxylic acids is 1. The Bertz CT molecular complexity index is 199. The SMILES string of the molecule is CCCC(=O)CSSC[C@H](N)C(=O)O. The van der Waals surface area contributed by atoms with Crippen LogP contribution in [0.1, 0.15) is 19.8 Å². The number of carbonyl (C=O) groups excluding carboxylic acids is 1. The van der Waals surface area contributed by atoms with E-state index in [1.807, 2.05) is 6.92 Å². The van der Waals surface area contributed by atoms with Gasteiger partial charge in [-0.1, -0.05) is 28.5 Å². The molecule has 4 nitrogen and oxygen atoms in total. The lowest BCUT2D eigenvalue weighted by atomic mass is 10.3. The Balaban J connectivity index is 3.37. The Hall–Kier alpha value is -0.200. The van der Waals surface area contributed by atoms with Gasteiger partial charge in [0.25, 0.3) is 0 Å². The number of rotatable bonds is 8. The van der Waals surface area contributed by atoms with Crippen LogP contribution in [0.4, 0.5) is 0 Å². The first-order chi connectivity index (χ1) is 6.57. The van der Waals surface area contributed by atoms with Gasteiger partial charge in [-0.25, -0.2) is 0 Å². The highest BCUT2D eigenvalue weighted by Gasteiger charge is 2.11. The zero-order chi connectivity index (χ0) is 11.0. The molecule has 0 aromatic carbocycles. The van der Waals surface area contributed by atoms with Crippen LogP contribution in [0.15, 0.2) is 0 Å². The van der Waals surface area contributed by atoms with Crippen molar-refractivity contribution in [2.24, 2.45) is 5.73 Å². The first-order valence-corrected chi connectivity index (χ1v) is 6.81. The number of ketones is 1. The molecule has 0 heterocycles. The second-order valence-electron chi connectivity index (χ2n) is 2.78. The summed E-state index contributed by atoms with van der Waals surface area (Å²) in [7, 11) is 2.70. The van der Waals surface area contributed by atoms with Gasteiger partial charge in [0.05, 0.1) is 5.75 Å². The Labute approximate surface area is 91.4 Å². The molecule has 0 aliphatic carbocycles. The van der Waals surface area contributed by atoms with E-state index in [2.05, 4.69) is 0 Å². The van der Waals surface area contributed by atoms with Crippen molar-refractivity contribution in [3.63, 3.8) is 0 Å². The smallest absolute Gasteiger partial charge is 0.321 e. The molecule has 3 N–H and O–H groups in total. The van der Waals surface area contributed by atoms with Gasteiger partial charge >= 0.3 is 5.97 Å². The van der Waals surface area contributed by atoms with Crippen molar-refractivity contribution in [3.8, 4) is 0 Å². The van der Waals surface area contributed by atoms with Gasteiger partial charge in [-0.05, 0) is 6.42 Å². The maximum absolute atomic E-state index is 11.0. The predicted molar refractivity (Wildman–Crippen MR) is 60.4 cm³/mol. The van der Waals surface area contributed by atoms with Gasteiger partial charge in [-0.2, -0.15) is 0 Å². The Morgan fingerprint density at radius 1 is 1.43 bits per heavy atom. The fourth-order valence-corrected chi connectivity index (χ4v) is 2.77. The van der Waals surface area contributed by atoms with Crippen LogP contribution in [-0.4, -0.2) is 34.4 Å². The van der Waals surface area contributed by atoms with E-state index in [-0.39, 0.29) is 5.78 Å². The van der Waals surface area contributed by atoms with E-state index in [1.165, 1.54) is 21.6 Å². The van der Waals surface area contributed by atoms with Gasteiger partial charge in [-0.15, -0.1) is 0 Å². The quantitative estimate of drug-likeness (QED) is 0.487. The summed E-state index contributed by atoms with van der Waals surface area (Å²) >= 11 is 0. The number of Topliss-reactive ketones (excluding diaryl/α,β-unsaturated/α-hetero) is 1. The summed E-state index contributed by atoms with van der Waals surface area (Å²) in [6.07, 6.45) is 1.46. The van der Waals surface area contributed by atoms with Crippen LogP contribution >= 0.6 is 21.6 Å². The third-order valence-electron chi connectivity index (χ3n) is 1.40. The molecule has 0 saturated carbocycles. The van der Waals surface area contributed by atoms with E-state index in [1.54, 1.807) is 0 Å². The topological polar surface area (TPSA) is 80.4 Å². The molecule has 0 bridgehead atoms. The van der Waals surface area contributed by atoms with Gasteiger partial charge in [-0.3, -0.25) is 9.59 Å². The molecular formula is C8H15NO3S2. The van der Waals surface area contributed by atoms with Crippen molar-refractivity contribution >= 4 is 33.3 Å². The summed E-state index contributed by atoms with van der Waals surface area (Å²) in [6.45, 7) is 1.95. The molecule has 0 fully saturated rings. The highest BCUT2D eigenvalue weighted by Crippen LogP contribution is 2.22. The minimum absolute atomic E-state index is 0.203. The molecule has 0 radical (unpaired) electrons. The monoisotopic (exact) mass is 237 g/mol. The van der Waals surface area contributed by atoms with Gasteiger partial charge in [0, 0.05) is 12.2 Å². The van der Waals surface area contributed by atoms with Crippen molar-refractivity contribution in [1.29, 1.82) is 0 Å². The Morgan fingerprint density at radius 3 is 2.57 bits per heavy atom. The van der Waals surface area contributed by atoms with Crippen LogP contribution in [0.5, 0.6) is 0 Å². The Kier molecular flexibility index (Phi) is 8.02. The van der Waals surface area contributed by atoms with Crippen LogP contribution in [0, 0.1) is 0 Å². The lowest BCUT2D eigenvalue weighted by Crippen LogP contribution is -2.32. The number of hydrogen-bond acceptors (Lipinski definition) is 5. The first kappa shape index (κ1) is 13.8. The Morgan fingerprint density at radius 2 is 2.07 bits per heavy atom. The number of nitrogens with two attached hydrogens (primary N) is 1. The highest BCUT2D eigenvalue weighted by molar-refractivity contribution is 8.76. The third kappa shape index (κ3) is 7.23. The molecule has 6 heteroatoms. The number of carbonyl (C=O) groups is 2. The second kappa shape index (κ2) is 8.14. The fraction of sp³-hybridized carbons (Fsp3) is 0.750. The number of hydrogen-bond donors (Lipinski definition) is 2. The lowest BCUT2D eigenvalue weighted by Gasteiger charge is -2.04. The zero-order valence-corrected chi connectivity index (χ0v) is 9.70. The maximum Gasteiger partial charge on any atom is 0.321 e. The average molecular weight is 237 g/mol. The van der Waals surface area contributed by atoms with Crippen molar-refractivity contribution in [3.05, 3.63) is 0 Å². The molecular weight excluding hydrogens is 222 g/mol. The highest BCUT2D eigenvalue weighted by atomic mass is 33.1. The summed E-state index contributed by atoms with van der Waals surface area (Å²) in [5.74, 6) is -0.0311. The summed E-state index contributed by atoms with van der Waals surface area (Å²) < 4.78 is 0. The molecule has 14 heavy (non-hydrogen) atoms. The summed E-state index contributed by atoms with van der Waals surface area (Å²) in [5.41, 5.74) is 5.27. The minimum atomic E-state index is -1.00. The van der Waals surface area contributed by atoms with Crippen molar-refractivity contribution in [1.82, 2.24) is 0 Å². The van der Waals surface area contributed by atoms with E-state index in [4.69, 9.17) is 10.8 Å². The maximum atomic E-state index is 11.0. The van der Waals surface area contributed by atoms with Crippen LogP contribution in [0.2, 0.25) is 0 Å². The van der Waals surface area contributed by atoms with E-state index in [0.717, 1.165) is 6.42 Å². The zero-order valence-electron chi connectivity index (χ0n) is 8.06. The molecule has 0 aromatic heterocycles. The van der Waals surface area contributed by atoms with Crippen LogP contribution < -0.4 is 5.73 Å². The van der Waals surface area contributed by atoms with Crippen molar-refractivity contribution in [2.75, 3.05) is 11.5 Å². The third-order valence-corrected chi connectivity index (χ3v) is 3.76. The van der Waals surface area contributed by atoms with E-state index >= 15 is 0 Å². The minimum Gasteiger partial charge on any atom is -0.480 e. The fourth-order valence-electron chi connectivity index (χ4n) is 0.651. The first-order valence-electron chi connectivity index (χ1n) is 4.32. The molecule has 0 rings (SSSR count). The molecule has 0 aromatic rings. The molecule has 0 aliphatic heterocycles. The molecule has 0 unspecified atom stereocenters.